The lowest BCUT2D eigenvalue weighted by Crippen LogP contribution is -2.16. The third-order valence-electron chi connectivity index (χ3n) is 3.06. The molecule has 0 radical (unpaired) electrons. The summed E-state index contributed by atoms with van der Waals surface area (Å²) in [5.41, 5.74) is 0.919. The molecule has 1 fully saturated rings. The molecule has 1 aliphatic rings. The van der Waals surface area contributed by atoms with Crippen molar-refractivity contribution < 1.29 is 9.13 Å². The normalized spacial score (nSPS) is 14.3. The topological polar surface area (TPSA) is 34.1 Å². The molecule has 0 spiro atoms. The second kappa shape index (κ2) is 5.77. The highest BCUT2D eigenvalue weighted by Gasteiger charge is 2.20. The molecule has 0 unspecified atom stereocenters. The van der Waals surface area contributed by atoms with Crippen LogP contribution in [0.25, 0.3) is 0 Å². The van der Waals surface area contributed by atoms with Crippen LogP contribution in [0.3, 0.4) is 0 Å². The number of aromatic nitrogens is 1. The van der Waals surface area contributed by atoms with E-state index in [1.807, 2.05) is 6.07 Å². The standard InChI is InChI=1S/C15H14ClFN2O/c16-14-8-12(3-4-15(14)17)20-13-5-6-18-11(7-13)9-19-10-1-2-10/h3-8,10,19H,1-2,9H2. The molecule has 5 heteroatoms. The highest BCUT2D eigenvalue weighted by atomic mass is 35.5. The van der Waals surface area contributed by atoms with Crippen molar-refractivity contribution in [3.05, 3.63) is 53.1 Å². The molecule has 1 saturated carbocycles. The van der Waals surface area contributed by atoms with E-state index in [0.29, 0.717) is 17.5 Å². The van der Waals surface area contributed by atoms with Crippen molar-refractivity contribution in [2.45, 2.75) is 25.4 Å². The van der Waals surface area contributed by atoms with Crippen molar-refractivity contribution in [1.29, 1.82) is 0 Å². The van der Waals surface area contributed by atoms with Crippen molar-refractivity contribution in [1.82, 2.24) is 10.3 Å². The molecular weight excluding hydrogens is 279 g/mol. The Hall–Kier alpha value is -1.65. The number of rotatable bonds is 5. The van der Waals surface area contributed by atoms with Crippen molar-refractivity contribution in [3.8, 4) is 11.5 Å². The molecule has 1 heterocycles. The second-order valence-electron chi connectivity index (χ2n) is 4.82. The Morgan fingerprint density at radius 1 is 1.25 bits per heavy atom. The van der Waals surface area contributed by atoms with Crippen molar-refractivity contribution >= 4 is 11.6 Å². The molecule has 0 atom stereocenters. The smallest absolute Gasteiger partial charge is 0.142 e. The van der Waals surface area contributed by atoms with Gasteiger partial charge in [-0.15, -0.1) is 0 Å². The third kappa shape index (κ3) is 3.46. The number of benzene rings is 1. The zero-order valence-corrected chi connectivity index (χ0v) is 11.5. The molecule has 20 heavy (non-hydrogen) atoms. The predicted octanol–water partition coefficient (Wildman–Crippen LogP) is 3.92. The van der Waals surface area contributed by atoms with E-state index in [4.69, 9.17) is 16.3 Å². The van der Waals surface area contributed by atoms with Crippen LogP contribution in [0.2, 0.25) is 5.02 Å². The maximum Gasteiger partial charge on any atom is 0.142 e. The number of pyridine rings is 1. The number of hydrogen-bond acceptors (Lipinski definition) is 3. The average Bonchev–Trinajstić information content (AvgIpc) is 3.25. The average molecular weight is 293 g/mol. The quantitative estimate of drug-likeness (QED) is 0.907. The van der Waals surface area contributed by atoms with Crippen LogP contribution < -0.4 is 10.1 Å². The lowest BCUT2D eigenvalue weighted by atomic mass is 10.3. The Balaban J connectivity index is 1.69. The van der Waals surface area contributed by atoms with Gasteiger partial charge >= 0.3 is 0 Å². The summed E-state index contributed by atoms with van der Waals surface area (Å²) in [6.07, 6.45) is 4.18. The Morgan fingerprint density at radius 2 is 2.05 bits per heavy atom. The Labute approximate surface area is 121 Å². The van der Waals surface area contributed by atoms with E-state index in [-0.39, 0.29) is 5.02 Å². The first kappa shape index (κ1) is 13.3. The molecule has 1 N–H and O–H groups in total. The fraction of sp³-hybridized carbons (Fsp3) is 0.267. The van der Waals surface area contributed by atoms with Gasteiger partial charge in [0.1, 0.15) is 17.3 Å². The fourth-order valence-electron chi connectivity index (χ4n) is 1.83. The zero-order valence-electron chi connectivity index (χ0n) is 10.8. The van der Waals surface area contributed by atoms with Gasteiger partial charge in [-0.05, 0) is 31.0 Å². The number of ether oxygens (including phenoxy) is 1. The summed E-state index contributed by atoms with van der Waals surface area (Å²) < 4.78 is 18.7. The number of hydrogen-bond donors (Lipinski definition) is 1. The van der Waals surface area contributed by atoms with Crippen LogP contribution in [0.15, 0.2) is 36.5 Å². The Kier molecular flexibility index (Phi) is 3.85. The van der Waals surface area contributed by atoms with Gasteiger partial charge in [0.15, 0.2) is 0 Å². The Morgan fingerprint density at radius 3 is 2.80 bits per heavy atom. The Bertz CT molecular complexity index is 617. The second-order valence-corrected chi connectivity index (χ2v) is 5.22. The van der Waals surface area contributed by atoms with Gasteiger partial charge in [0, 0.05) is 30.9 Å². The minimum atomic E-state index is -0.455. The van der Waals surface area contributed by atoms with E-state index in [1.165, 1.54) is 25.0 Å². The SMILES string of the molecule is Fc1ccc(Oc2ccnc(CNC3CC3)c2)cc1Cl. The van der Waals surface area contributed by atoms with Gasteiger partial charge in [0.25, 0.3) is 0 Å². The molecule has 1 aromatic heterocycles. The molecule has 3 rings (SSSR count). The highest BCUT2D eigenvalue weighted by molar-refractivity contribution is 6.30. The third-order valence-corrected chi connectivity index (χ3v) is 3.35. The molecule has 1 aromatic carbocycles. The molecule has 0 bridgehead atoms. The maximum atomic E-state index is 13.1. The van der Waals surface area contributed by atoms with Crippen LogP contribution in [0.1, 0.15) is 18.5 Å². The lowest BCUT2D eigenvalue weighted by Gasteiger charge is -2.08. The molecule has 0 saturated heterocycles. The van der Waals surface area contributed by atoms with Crippen LogP contribution >= 0.6 is 11.6 Å². The first-order valence-corrected chi connectivity index (χ1v) is 6.90. The number of nitrogens with one attached hydrogen (secondary N) is 1. The summed E-state index contributed by atoms with van der Waals surface area (Å²) in [6.45, 7) is 0.728. The van der Waals surface area contributed by atoms with E-state index in [1.54, 1.807) is 18.3 Å². The molecule has 3 nitrogen and oxygen atoms in total. The van der Waals surface area contributed by atoms with Gasteiger partial charge in [0.05, 0.1) is 10.7 Å². The van der Waals surface area contributed by atoms with Crippen LogP contribution in [0, 0.1) is 5.82 Å². The summed E-state index contributed by atoms with van der Waals surface area (Å²) in [5, 5.41) is 3.44. The summed E-state index contributed by atoms with van der Waals surface area (Å²) >= 11 is 5.73. The molecule has 2 aromatic rings. The van der Waals surface area contributed by atoms with Crippen LogP contribution in [0.5, 0.6) is 11.5 Å². The lowest BCUT2D eigenvalue weighted by molar-refractivity contribution is 0.478. The van der Waals surface area contributed by atoms with Crippen LogP contribution in [-0.4, -0.2) is 11.0 Å². The first-order valence-electron chi connectivity index (χ1n) is 6.52. The maximum absolute atomic E-state index is 13.1. The largest absolute Gasteiger partial charge is 0.457 e. The molecule has 0 amide bonds. The van der Waals surface area contributed by atoms with Gasteiger partial charge in [0.2, 0.25) is 0 Å². The van der Waals surface area contributed by atoms with Gasteiger partial charge in [-0.25, -0.2) is 4.39 Å². The van der Waals surface area contributed by atoms with Gasteiger partial charge < -0.3 is 10.1 Å². The first-order chi connectivity index (χ1) is 9.70. The minimum absolute atomic E-state index is 0.0483. The highest BCUT2D eigenvalue weighted by Crippen LogP contribution is 2.26. The summed E-state index contributed by atoms with van der Waals surface area (Å²) in [4.78, 5) is 4.28. The predicted molar refractivity (Wildman–Crippen MR) is 75.6 cm³/mol. The van der Waals surface area contributed by atoms with E-state index in [2.05, 4.69) is 10.3 Å². The summed E-state index contributed by atoms with van der Waals surface area (Å²) in [7, 11) is 0. The van der Waals surface area contributed by atoms with Gasteiger partial charge in [-0.2, -0.15) is 0 Å². The zero-order chi connectivity index (χ0) is 13.9. The van der Waals surface area contributed by atoms with E-state index in [0.717, 1.165) is 12.2 Å². The minimum Gasteiger partial charge on any atom is -0.457 e. The van der Waals surface area contributed by atoms with Crippen molar-refractivity contribution in [2.24, 2.45) is 0 Å². The van der Waals surface area contributed by atoms with E-state index in [9.17, 15) is 4.39 Å². The molecule has 0 aliphatic heterocycles. The van der Waals surface area contributed by atoms with Gasteiger partial charge in [-0.1, -0.05) is 11.6 Å². The number of halogens is 2. The number of nitrogens with zero attached hydrogens (tertiary/aromatic N) is 1. The monoisotopic (exact) mass is 292 g/mol. The van der Waals surface area contributed by atoms with Crippen LogP contribution in [-0.2, 0) is 6.54 Å². The van der Waals surface area contributed by atoms with Crippen molar-refractivity contribution in [2.75, 3.05) is 0 Å². The molecule has 104 valence electrons. The van der Waals surface area contributed by atoms with Crippen LogP contribution in [0.4, 0.5) is 4.39 Å². The van der Waals surface area contributed by atoms with Gasteiger partial charge in [-0.3, -0.25) is 4.98 Å². The van der Waals surface area contributed by atoms with E-state index < -0.39 is 5.82 Å². The molecule has 1 aliphatic carbocycles. The van der Waals surface area contributed by atoms with E-state index >= 15 is 0 Å². The summed E-state index contributed by atoms with van der Waals surface area (Å²) in [5.74, 6) is 0.710. The fourth-order valence-corrected chi connectivity index (χ4v) is 2.00. The summed E-state index contributed by atoms with van der Waals surface area (Å²) in [6, 6.07) is 8.56. The molecular formula is C15H14ClFN2O. The van der Waals surface area contributed by atoms with Crippen molar-refractivity contribution in [3.63, 3.8) is 0 Å².